The van der Waals surface area contributed by atoms with Crippen LogP contribution in [0.25, 0.3) is 0 Å². The molecule has 0 aromatic carbocycles. The zero-order valence-corrected chi connectivity index (χ0v) is 6.99. The Labute approximate surface area is 77.3 Å². The first-order chi connectivity index (χ1) is 6.20. The Morgan fingerprint density at radius 2 is 1.92 bits per heavy atom. The molecular weight excluding hydrogens is 170 g/mol. The fraction of sp³-hybridized carbons (Fsp3) is 0.222. The zero-order chi connectivity index (χ0) is 9.68. The van der Waals surface area contributed by atoms with Crippen molar-refractivity contribution in [2.45, 2.75) is 6.42 Å². The first-order valence-electron chi connectivity index (χ1n) is 3.92. The zero-order valence-electron chi connectivity index (χ0n) is 6.99. The summed E-state index contributed by atoms with van der Waals surface area (Å²) in [6.45, 7) is 0.166. The molecule has 0 unspecified atom stereocenters. The standard InChI is InChI=1S/C9H10NO3/c11-8(12)5-6-10-9(13)7-3-1-2-4-7/h1-4H,5-6H2,(H,10,13)(H,11,12). The summed E-state index contributed by atoms with van der Waals surface area (Å²) in [6, 6.07) is 0. The van der Waals surface area contributed by atoms with Crippen LogP contribution in [0.15, 0.2) is 0 Å². The number of rotatable bonds is 4. The second kappa shape index (κ2) is 4.84. The van der Waals surface area contributed by atoms with E-state index in [1.807, 2.05) is 0 Å². The van der Waals surface area contributed by atoms with Gasteiger partial charge in [0.25, 0.3) is 0 Å². The summed E-state index contributed by atoms with van der Waals surface area (Å²) in [7, 11) is 0. The molecular formula is C9H10NO3. The van der Waals surface area contributed by atoms with Crippen LogP contribution in [0.3, 0.4) is 0 Å². The van der Waals surface area contributed by atoms with Gasteiger partial charge in [0.05, 0.1) is 12.3 Å². The van der Waals surface area contributed by atoms with Crippen molar-refractivity contribution in [1.82, 2.24) is 5.32 Å². The Balaban J connectivity index is 2.13. The second-order valence-corrected chi connectivity index (χ2v) is 2.57. The van der Waals surface area contributed by atoms with Crippen molar-refractivity contribution >= 4 is 11.9 Å². The first kappa shape index (κ1) is 10.0. The van der Waals surface area contributed by atoms with Gasteiger partial charge in [0.2, 0.25) is 5.91 Å². The minimum absolute atomic E-state index is 0.0492. The predicted molar refractivity (Wildman–Crippen MR) is 45.7 cm³/mol. The molecule has 0 atom stereocenters. The van der Waals surface area contributed by atoms with Crippen molar-refractivity contribution in [3.05, 3.63) is 31.6 Å². The lowest BCUT2D eigenvalue weighted by molar-refractivity contribution is -0.136. The van der Waals surface area contributed by atoms with Gasteiger partial charge in [0, 0.05) is 6.54 Å². The first-order valence-corrected chi connectivity index (χ1v) is 3.92. The molecule has 0 aromatic heterocycles. The van der Waals surface area contributed by atoms with Crippen molar-refractivity contribution < 1.29 is 14.7 Å². The maximum absolute atomic E-state index is 11.2. The minimum Gasteiger partial charge on any atom is -0.481 e. The molecule has 4 heteroatoms. The van der Waals surface area contributed by atoms with E-state index in [4.69, 9.17) is 5.11 Å². The molecule has 0 aromatic rings. The number of hydrogen-bond acceptors (Lipinski definition) is 2. The summed E-state index contributed by atoms with van der Waals surface area (Å²) in [5, 5.41) is 10.8. The molecule has 1 fully saturated rings. The predicted octanol–water partition coefficient (Wildman–Crippen LogP) is -0.0174. The smallest absolute Gasteiger partial charge is 0.305 e. The molecule has 5 radical (unpaired) electrons. The van der Waals surface area contributed by atoms with Gasteiger partial charge >= 0.3 is 5.97 Å². The van der Waals surface area contributed by atoms with Gasteiger partial charge in [-0.3, -0.25) is 9.59 Å². The number of carboxylic acids is 1. The average molecular weight is 180 g/mol. The topological polar surface area (TPSA) is 66.4 Å². The van der Waals surface area contributed by atoms with E-state index in [0.29, 0.717) is 5.92 Å². The van der Waals surface area contributed by atoms with Gasteiger partial charge in [-0.05, 0) is 25.7 Å². The average Bonchev–Trinajstić information content (AvgIpc) is 2.55. The van der Waals surface area contributed by atoms with Crippen molar-refractivity contribution in [1.29, 1.82) is 0 Å². The molecule has 2 N–H and O–H groups in total. The van der Waals surface area contributed by atoms with E-state index < -0.39 is 5.97 Å². The van der Waals surface area contributed by atoms with Crippen LogP contribution >= 0.6 is 0 Å². The number of carbonyl (C=O) groups is 2. The number of aliphatic carboxylic acids is 1. The highest BCUT2D eigenvalue weighted by molar-refractivity contribution is 5.95. The summed E-state index contributed by atoms with van der Waals surface area (Å²) in [4.78, 5) is 21.3. The Morgan fingerprint density at radius 3 is 2.46 bits per heavy atom. The lowest BCUT2D eigenvalue weighted by atomic mass is 10.1. The number of hydrogen-bond donors (Lipinski definition) is 2. The number of carbonyl (C=O) groups excluding carboxylic acids is 1. The van der Waals surface area contributed by atoms with Crippen molar-refractivity contribution in [3.8, 4) is 0 Å². The van der Waals surface area contributed by atoms with E-state index in [0.717, 1.165) is 0 Å². The van der Waals surface area contributed by atoms with E-state index in [-0.39, 0.29) is 18.9 Å². The van der Waals surface area contributed by atoms with Crippen LogP contribution in [-0.2, 0) is 9.59 Å². The van der Waals surface area contributed by atoms with E-state index in [1.54, 1.807) is 25.7 Å². The Bertz CT molecular complexity index is 197. The SMILES string of the molecule is O=C(O)CCNC(=O)[C]1[CH][CH][CH][CH]1. The number of carboxylic acid groups (broad SMARTS) is 1. The van der Waals surface area contributed by atoms with Crippen LogP contribution in [0.1, 0.15) is 6.42 Å². The van der Waals surface area contributed by atoms with E-state index in [2.05, 4.69) is 5.32 Å². The van der Waals surface area contributed by atoms with Crippen LogP contribution in [0, 0.1) is 31.6 Å². The molecule has 1 saturated carbocycles. The number of amides is 1. The molecule has 1 aliphatic rings. The van der Waals surface area contributed by atoms with Gasteiger partial charge in [-0.1, -0.05) is 0 Å². The van der Waals surface area contributed by atoms with Gasteiger partial charge in [-0.25, -0.2) is 0 Å². The molecule has 69 valence electrons. The minimum atomic E-state index is -0.914. The highest BCUT2D eigenvalue weighted by atomic mass is 16.4. The highest BCUT2D eigenvalue weighted by Gasteiger charge is 2.23. The molecule has 0 aliphatic heterocycles. The van der Waals surface area contributed by atoms with E-state index in [1.165, 1.54) is 0 Å². The maximum atomic E-state index is 11.2. The Morgan fingerprint density at radius 1 is 1.31 bits per heavy atom. The largest absolute Gasteiger partial charge is 0.481 e. The van der Waals surface area contributed by atoms with Gasteiger partial charge in [0.1, 0.15) is 0 Å². The van der Waals surface area contributed by atoms with Gasteiger partial charge < -0.3 is 10.4 Å². The van der Waals surface area contributed by atoms with Crippen LogP contribution in [0.2, 0.25) is 0 Å². The third-order valence-corrected chi connectivity index (χ3v) is 1.55. The van der Waals surface area contributed by atoms with Crippen molar-refractivity contribution in [2.24, 2.45) is 0 Å². The molecule has 4 nitrogen and oxygen atoms in total. The van der Waals surface area contributed by atoms with Crippen LogP contribution in [-0.4, -0.2) is 23.5 Å². The molecule has 1 aliphatic carbocycles. The van der Waals surface area contributed by atoms with Gasteiger partial charge in [-0.15, -0.1) is 0 Å². The monoisotopic (exact) mass is 180 g/mol. The number of nitrogens with one attached hydrogen (secondary N) is 1. The lowest BCUT2D eigenvalue weighted by Gasteiger charge is -2.07. The molecule has 0 heterocycles. The molecule has 1 rings (SSSR count). The lowest BCUT2D eigenvalue weighted by Crippen LogP contribution is -2.30. The third kappa shape index (κ3) is 3.44. The molecule has 0 spiro atoms. The fourth-order valence-electron chi connectivity index (χ4n) is 0.910. The quantitative estimate of drug-likeness (QED) is 0.639. The summed E-state index contributed by atoms with van der Waals surface area (Å²) in [6.07, 6.45) is 6.82. The van der Waals surface area contributed by atoms with Crippen LogP contribution in [0.4, 0.5) is 0 Å². The summed E-state index contributed by atoms with van der Waals surface area (Å²) in [5.41, 5.74) is 0. The van der Waals surface area contributed by atoms with Crippen molar-refractivity contribution in [2.75, 3.05) is 6.54 Å². The molecule has 1 amide bonds. The van der Waals surface area contributed by atoms with E-state index in [9.17, 15) is 9.59 Å². The fourth-order valence-corrected chi connectivity index (χ4v) is 0.910. The summed E-state index contributed by atoms with van der Waals surface area (Å²) in [5.74, 6) is -0.584. The maximum Gasteiger partial charge on any atom is 0.305 e. The van der Waals surface area contributed by atoms with Crippen LogP contribution in [0.5, 0.6) is 0 Å². The normalized spacial score (nSPS) is 17.2. The molecule has 0 bridgehead atoms. The summed E-state index contributed by atoms with van der Waals surface area (Å²) >= 11 is 0. The second-order valence-electron chi connectivity index (χ2n) is 2.57. The third-order valence-electron chi connectivity index (χ3n) is 1.55. The van der Waals surface area contributed by atoms with Crippen molar-refractivity contribution in [3.63, 3.8) is 0 Å². The van der Waals surface area contributed by atoms with E-state index >= 15 is 0 Å². The summed E-state index contributed by atoms with van der Waals surface area (Å²) < 4.78 is 0. The molecule has 0 saturated heterocycles. The van der Waals surface area contributed by atoms with Gasteiger partial charge in [-0.2, -0.15) is 0 Å². The van der Waals surface area contributed by atoms with Crippen LogP contribution < -0.4 is 5.32 Å². The van der Waals surface area contributed by atoms with Gasteiger partial charge in [0.15, 0.2) is 0 Å². The Hall–Kier alpha value is -1.06. The Kier molecular flexibility index (Phi) is 3.73. The highest BCUT2D eigenvalue weighted by Crippen LogP contribution is 2.22. The molecule has 13 heavy (non-hydrogen) atoms.